The van der Waals surface area contributed by atoms with Gasteiger partial charge in [0.1, 0.15) is 0 Å². The van der Waals surface area contributed by atoms with Gasteiger partial charge in [-0.1, -0.05) is 48.0 Å². The van der Waals surface area contributed by atoms with Gasteiger partial charge in [0.05, 0.1) is 24.8 Å². The number of carbonyl (C=O) groups excluding carboxylic acids is 2. The second-order valence-corrected chi connectivity index (χ2v) is 7.40. The van der Waals surface area contributed by atoms with Crippen molar-refractivity contribution >= 4 is 17.5 Å². The first-order valence-corrected chi connectivity index (χ1v) is 9.53. The van der Waals surface area contributed by atoms with Crippen LogP contribution in [0.3, 0.4) is 0 Å². The predicted octanol–water partition coefficient (Wildman–Crippen LogP) is 3.57. The normalized spacial score (nSPS) is 10.6. The molecule has 0 saturated heterocycles. The van der Waals surface area contributed by atoms with Crippen molar-refractivity contribution in [1.82, 2.24) is 14.7 Å². The summed E-state index contributed by atoms with van der Waals surface area (Å²) in [5.74, 6) is -0.468. The molecule has 3 aromatic rings. The SMILES string of the molecule is Cc1cc(C)c(NC(=O)CN(C)C(=O)c2cnn(Cc3ccccc3)c2)c(C)c1. The molecule has 0 aliphatic heterocycles. The van der Waals surface area contributed by atoms with Gasteiger partial charge in [-0.25, -0.2) is 0 Å². The van der Waals surface area contributed by atoms with E-state index in [1.165, 1.54) is 11.1 Å². The molecule has 29 heavy (non-hydrogen) atoms. The average Bonchev–Trinajstić information content (AvgIpc) is 3.13. The summed E-state index contributed by atoms with van der Waals surface area (Å²) in [6, 6.07) is 14.0. The summed E-state index contributed by atoms with van der Waals surface area (Å²) in [5.41, 5.74) is 5.53. The van der Waals surface area contributed by atoms with E-state index < -0.39 is 0 Å². The molecular weight excluding hydrogens is 364 g/mol. The molecule has 6 heteroatoms. The first-order chi connectivity index (χ1) is 13.8. The van der Waals surface area contributed by atoms with Crippen LogP contribution >= 0.6 is 0 Å². The van der Waals surface area contributed by atoms with Crippen molar-refractivity contribution in [1.29, 1.82) is 0 Å². The van der Waals surface area contributed by atoms with Crippen molar-refractivity contribution in [2.75, 3.05) is 18.9 Å². The zero-order chi connectivity index (χ0) is 21.0. The van der Waals surface area contributed by atoms with Crippen LogP contribution in [0.5, 0.6) is 0 Å². The Morgan fingerprint density at radius 1 is 1.07 bits per heavy atom. The standard InChI is InChI=1S/C23H26N4O2/c1-16-10-17(2)22(18(3)11-16)25-21(28)15-26(4)23(29)20-12-24-27(14-20)13-19-8-6-5-7-9-19/h5-12,14H,13,15H2,1-4H3,(H,25,28). The van der Waals surface area contributed by atoms with Crippen molar-refractivity contribution in [3.63, 3.8) is 0 Å². The molecule has 0 unspecified atom stereocenters. The monoisotopic (exact) mass is 390 g/mol. The number of likely N-dealkylation sites (N-methyl/N-ethyl adjacent to an activating group) is 1. The summed E-state index contributed by atoms with van der Waals surface area (Å²) in [7, 11) is 1.62. The Morgan fingerprint density at radius 2 is 1.72 bits per heavy atom. The maximum Gasteiger partial charge on any atom is 0.257 e. The number of nitrogens with one attached hydrogen (secondary N) is 1. The maximum atomic E-state index is 12.7. The molecule has 150 valence electrons. The highest BCUT2D eigenvalue weighted by molar-refractivity contribution is 5.99. The van der Waals surface area contributed by atoms with Crippen LogP contribution in [0.2, 0.25) is 0 Å². The van der Waals surface area contributed by atoms with Crippen molar-refractivity contribution in [3.8, 4) is 0 Å². The number of amides is 2. The van der Waals surface area contributed by atoms with Crippen LogP contribution in [-0.2, 0) is 11.3 Å². The number of aromatic nitrogens is 2. The van der Waals surface area contributed by atoms with Crippen LogP contribution in [0.4, 0.5) is 5.69 Å². The van der Waals surface area contributed by atoms with Gasteiger partial charge in [0.2, 0.25) is 5.91 Å². The molecule has 1 aromatic heterocycles. The maximum absolute atomic E-state index is 12.7. The fourth-order valence-electron chi connectivity index (χ4n) is 3.39. The van der Waals surface area contributed by atoms with E-state index in [2.05, 4.69) is 10.4 Å². The van der Waals surface area contributed by atoms with E-state index in [0.717, 1.165) is 27.9 Å². The van der Waals surface area contributed by atoms with Crippen LogP contribution in [0.15, 0.2) is 54.9 Å². The minimum Gasteiger partial charge on any atom is -0.332 e. The minimum atomic E-state index is -0.239. The molecule has 0 aliphatic rings. The number of nitrogens with zero attached hydrogens (tertiary/aromatic N) is 3. The Balaban J connectivity index is 1.61. The second kappa shape index (κ2) is 8.73. The van der Waals surface area contributed by atoms with Crippen LogP contribution in [0.1, 0.15) is 32.6 Å². The summed E-state index contributed by atoms with van der Waals surface area (Å²) in [6.07, 6.45) is 3.24. The molecule has 0 saturated carbocycles. The molecular formula is C23H26N4O2. The lowest BCUT2D eigenvalue weighted by Crippen LogP contribution is -2.35. The third-order valence-electron chi connectivity index (χ3n) is 4.74. The molecule has 1 N–H and O–H groups in total. The summed E-state index contributed by atoms with van der Waals surface area (Å²) in [4.78, 5) is 26.5. The third kappa shape index (κ3) is 5.10. The van der Waals surface area contributed by atoms with E-state index >= 15 is 0 Å². The molecule has 0 aliphatic carbocycles. The minimum absolute atomic E-state index is 0.0323. The van der Waals surface area contributed by atoms with Crippen molar-refractivity contribution in [2.45, 2.75) is 27.3 Å². The molecule has 0 atom stereocenters. The number of rotatable bonds is 6. The Labute approximate surface area is 171 Å². The highest BCUT2D eigenvalue weighted by atomic mass is 16.2. The molecule has 0 fully saturated rings. The number of hydrogen-bond donors (Lipinski definition) is 1. The van der Waals surface area contributed by atoms with Crippen molar-refractivity contribution < 1.29 is 9.59 Å². The lowest BCUT2D eigenvalue weighted by atomic mass is 10.1. The Morgan fingerprint density at radius 3 is 2.38 bits per heavy atom. The van der Waals surface area contributed by atoms with Gasteiger partial charge in [0.15, 0.2) is 0 Å². The first-order valence-electron chi connectivity index (χ1n) is 9.53. The van der Waals surface area contributed by atoms with E-state index in [4.69, 9.17) is 0 Å². The average molecular weight is 390 g/mol. The van der Waals surface area contributed by atoms with Gasteiger partial charge in [-0.15, -0.1) is 0 Å². The second-order valence-electron chi connectivity index (χ2n) is 7.40. The van der Waals surface area contributed by atoms with Gasteiger partial charge in [-0.3, -0.25) is 14.3 Å². The van der Waals surface area contributed by atoms with Gasteiger partial charge in [0, 0.05) is 18.9 Å². The van der Waals surface area contributed by atoms with E-state index in [1.54, 1.807) is 17.9 Å². The highest BCUT2D eigenvalue weighted by Gasteiger charge is 2.18. The van der Waals surface area contributed by atoms with Crippen molar-refractivity contribution in [3.05, 3.63) is 82.7 Å². The summed E-state index contributed by atoms with van der Waals surface area (Å²) < 4.78 is 1.72. The number of carbonyl (C=O) groups is 2. The smallest absolute Gasteiger partial charge is 0.257 e. The van der Waals surface area contributed by atoms with Crippen LogP contribution in [0, 0.1) is 20.8 Å². The fraction of sp³-hybridized carbons (Fsp3) is 0.261. The molecule has 2 aromatic carbocycles. The van der Waals surface area contributed by atoms with Crippen LogP contribution in [-0.4, -0.2) is 40.1 Å². The largest absolute Gasteiger partial charge is 0.332 e. The number of hydrogen-bond acceptors (Lipinski definition) is 3. The quantitative estimate of drug-likeness (QED) is 0.700. The Kier molecular flexibility index (Phi) is 6.12. The van der Waals surface area contributed by atoms with Crippen molar-refractivity contribution in [2.24, 2.45) is 0 Å². The Hall–Kier alpha value is -3.41. The number of aryl methyl sites for hydroxylation is 3. The molecule has 1 heterocycles. The van der Waals surface area contributed by atoms with E-state index in [1.807, 2.05) is 63.2 Å². The van der Waals surface area contributed by atoms with E-state index in [0.29, 0.717) is 12.1 Å². The lowest BCUT2D eigenvalue weighted by molar-refractivity contribution is -0.116. The van der Waals surface area contributed by atoms with Crippen LogP contribution < -0.4 is 5.32 Å². The molecule has 2 amide bonds. The Bertz CT molecular complexity index is 1000. The molecule has 0 radical (unpaired) electrons. The molecule has 0 spiro atoms. The fourth-order valence-corrected chi connectivity index (χ4v) is 3.39. The number of anilines is 1. The third-order valence-corrected chi connectivity index (χ3v) is 4.74. The van der Waals surface area contributed by atoms with Gasteiger partial charge in [-0.05, 0) is 37.5 Å². The van der Waals surface area contributed by atoms with Gasteiger partial charge < -0.3 is 10.2 Å². The zero-order valence-electron chi connectivity index (χ0n) is 17.3. The molecule has 6 nitrogen and oxygen atoms in total. The van der Waals surface area contributed by atoms with Gasteiger partial charge in [0.25, 0.3) is 5.91 Å². The van der Waals surface area contributed by atoms with E-state index in [-0.39, 0.29) is 18.4 Å². The topological polar surface area (TPSA) is 67.2 Å². The number of benzene rings is 2. The zero-order valence-corrected chi connectivity index (χ0v) is 17.3. The first kappa shape index (κ1) is 20.3. The summed E-state index contributed by atoms with van der Waals surface area (Å²) in [5, 5.41) is 7.19. The van der Waals surface area contributed by atoms with Crippen LogP contribution in [0.25, 0.3) is 0 Å². The van der Waals surface area contributed by atoms with Gasteiger partial charge in [-0.2, -0.15) is 5.10 Å². The van der Waals surface area contributed by atoms with E-state index in [9.17, 15) is 9.59 Å². The summed E-state index contributed by atoms with van der Waals surface area (Å²) >= 11 is 0. The molecule has 3 rings (SSSR count). The lowest BCUT2D eigenvalue weighted by Gasteiger charge is -2.18. The van der Waals surface area contributed by atoms with Gasteiger partial charge >= 0.3 is 0 Å². The molecule has 0 bridgehead atoms. The highest BCUT2D eigenvalue weighted by Crippen LogP contribution is 2.21. The summed E-state index contributed by atoms with van der Waals surface area (Å²) in [6.45, 7) is 6.51. The predicted molar refractivity (Wildman–Crippen MR) is 114 cm³/mol.